The molecular weight excluding hydrogens is 343 g/mol. The molecule has 5 nitrogen and oxygen atoms in total. The second-order valence-electron chi connectivity index (χ2n) is 5.31. The molecule has 0 aliphatic heterocycles. The van der Waals surface area contributed by atoms with Crippen molar-refractivity contribution in [1.29, 1.82) is 0 Å². The molecule has 0 atom stereocenters. The molecule has 0 aliphatic rings. The van der Waals surface area contributed by atoms with Crippen LogP contribution in [0.2, 0.25) is 0 Å². The summed E-state index contributed by atoms with van der Waals surface area (Å²) < 4.78 is 13.7. The van der Waals surface area contributed by atoms with Crippen LogP contribution >= 0.6 is 15.9 Å². The van der Waals surface area contributed by atoms with Gasteiger partial charge in [0.2, 0.25) is 5.91 Å². The molecule has 1 aromatic carbocycles. The van der Waals surface area contributed by atoms with E-state index < -0.39 is 17.4 Å². The van der Waals surface area contributed by atoms with Crippen LogP contribution in [0.15, 0.2) is 18.2 Å². The van der Waals surface area contributed by atoms with Crippen LogP contribution in [0.1, 0.15) is 19.4 Å². The molecule has 116 valence electrons. The summed E-state index contributed by atoms with van der Waals surface area (Å²) >= 11 is 3.09. The number of halogens is 2. The number of anilines is 1. The van der Waals surface area contributed by atoms with Gasteiger partial charge in [-0.25, -0.2) is 9.18 Å². The Morgan fingerprint density at radius 2 is 2.05 bits per heavy atom. The van der Waals surface area contributed by atoms with Crippen LogP contribution in [0.5, 0.6) is 0 Å². The molecule has 2 N–H and O–H groups in total. The largest absolute Gasteiger partial charge is 0.465 e. The van der Waals surface area contributed by atoms with E-state index in [0.717, 1.165) is 0 Å². The van der Waals surface area contributed by atoms with Crippen LogP contribution in [-0.2, 0) is 4.79 Å². The van der Waals surface area contributed by atoms with Crippen LogP contribution in [0.25, 0.3) is 0 Å². The van der Waals surface area contributed by atoms with Gasteiger partial charge >= 0.3 is 6.09 Å². The zero-order valence-electron chi connectivity index (χ0n) is 12.1. The number of benzene rings is 1. The normalized spacial score (nSPS) is 11.1. The number of carbonyl (C=O) groups excluding carboxylic acids is 1. The number of carboxylic acid groups (broad SMARTS) is 1. The highest BCUT2D eigenvalue weighted by Crippen LogP contribution is 2.24. The summed E-state index contributed by atoms with van der Waals surface area (Å²) in [4.78, 5) is 24.3. The molecule has 0 radical (unpaired) electrons. The standard InChI is InChI=1S/C14H18BrFN2O3/c1-9-10(16)5-4-6-11(9)18(12(19)7-15)8-14(2,3)17-13(20)21/h4-6,17H,7-8H2,1-3H3,(H,20,21). The molecular formula is C14H18BrFN2O3. The number of alkyl halides is 1. The van der Waals surface area contributed by atoms with Crippen molar-refractivity contribution in [3.63, 3.8) is 0 Å². The number of nitrogens with one attached hydrogen (secondary N) is 1. The van der Waals surface area contributed by atoms with Gasteiger partial charge in [-0.1, -0.05) is 22.0 Å². The maximum absolute atomic E-state index is 13.7. The third kappa shape index (κ3) is 4.70. The van der Waals surface area contributed by atoms with Gasteiger partial charge in [0.25, 0.3) is 0 Å². The number of carbonyl (C=O) groups is 2. The van der Waals surface area contributed by atoms with Gasteiger partial charge in [-0.05, 0) is 32.9 Å². The first kappa shape index (κ1) is 17.4. The average Bonchev–Trinajstić information content (AvgIpc) is 2.37. The second kappa shape index (κ2) is 6.89. The Labute approximate surface area is 131 Å². The zero-order chi connectivity index (χ0) is 16.2. The van der Waals surface area contributed by atoms with Gasteiger partial charge in [-0.3, -0.25) is 4.79 Å². The maximum atomic E-state index is 13.7. The molecule has 0 fully saturated rings. The number of amides is 2. The molecule has 0 aromatic heterocycles. The van der Waals surface area contributed by atoms with Gasteiger partial charge in [0.15, 0.2) is 0 Å². The molecule has 0 spiro atoms. The highest BCUT2D eigenvalue weighted by Gasteiger charge is 2.28. The fraction of sp³-hybridized carbons (Fsp3) is 0.429. The molecule has 0 saturated carbocycles. The first-order valence-electron chi connectivity index (χ1n) is 6.30. The lowest BCUT2D eigenvalue weighted by molar-refractivity contribution is -0.116. The molecule has 1 rings (SSSR count). The van der Waals surface area contributed by atoms with Gasteiger partial charge in [0, 0.05) is 17.8 Å². The highest BCUT2D eigenvalue weighted by atomic mass is 79.9. The molecule has 0 aliphatic carbocycles. The Balaban J connectivity index is 3.15. The average molecular weight is 361 g/mol. The zero-order valence-corrected chi connectivity index (χ0v) is 13.7. The first-order chi connectivity index (χ1) is 9.68. The molecule has 7 heteroatoms. The van der Waals surface area contributed by atoms with Crippen molar-refractivity contribution in [3.8, 4) is 0 Å². The fourth-order valence-electron chi connectivity index (χ4n) is 1.99. The summed E-state index contributed by atoms with van der Waals surface area (Å²) in [6.45, 7) is 4.99. The summed E-state index contributed by atoms with van der Waals surface area (Å²) in [5.41, 5.74) is -0.0970. The number of rotatable bonds is 5. The van der Waals surface area contributed by atoms with Crippen molar-refractivity contribution < 1.29 is 19.1 Å². The van der Waals surface area contributed by atoms with Crippen LogP contribution in [0, 0.1) is 12.7 Å². The minimum Gasteiger partial charge on any atom is -0.465 e. The van der Waals surface area contributed by atoms with E-state index in [1.165, 1.54) is 17.0 Å². The van der Waals surface area contributed by atoms with Crippen LogP contribution < -0.4 is 10.2 Å². The first-order valence-corrected chi connectivity index (χ1v) is 7.42. The van der Waals surface area contributed by atoms with Crippen molar-refractivity contribution in [2.45, 2.75) is 26.3 Å². The Morgan fingerprint density at radius 1 is 1.43 bits per heavy atom. The van der Waals surface area contributed by atoms with E-state index in [-0.39, 0.29) is 17.8 Å². The predicted octanol–water partition coefficient (Wildman–Crippen LogP) is 2.91. The SMILES string of the molecule is Cc1c(F)cccc1N(CC(C)(C)NC(=O)O)C(=O)CBr. The number of nitrogens with zero attached hydrogens (tertiary/aromatic N) is 1. The van der Waals surface area contributed by atoms with Crippen LogP contribution in [-0.4, -0.2) is 34.5 Å². The van der Waals surface area contributed by atoms with E-state index in [2.05, 4.69) is 21.2 Å². The van der Waals surface area contributed by atoms with Crippen molar-refractivity contribution in [1.82, 2.24) is 5.32 Å². The predicted molar refractivity (Wildman–Crippen MR) is 82.5 cm³/mol. The molecule has 0 bridgehead atoms. The van der Waals surface area contributed by atoms with Gasteiger partial charge in [-0.15, -0.1) is 0 Å². The second-order valence-corrected chi connectivity index (χ2v) is 5.87. The summed E-state index contributed by atoms with van der Waals surface area (Å²) in [6.07, 6.45) is -1.18. The van der Waals surface area contributed by atoms with Gasteiger partial charge < -0.3 is 15.3 Å². The van der Waals surface area contributed by atoms with Crippen molar-refractivity contribution in [2.75, 3.05) is 16.8 Å². The maximum Gasteiger partial charge on any atom is 0.405 e. The lowest BCUT2D eigenvalue weighted by Crippen LogP contribution is -2.53. The van der Waals surface area contributed by atoms with Crippen LogP contribution in [0.4, 0.5) is 14.9 Å². The Hall–Kier alpha value is -1.63. The Bertz CT molecular complexity index is 549. The summed E-state index contributed by atoms with van der Waals surface area (Å²) in [6, 6.07) is 4.47. The summed E-state index contributed by atoms with van der Waals surface area (Å²) in [5, 5.41) is 11.3. The lowest BCUT2D eigenvalue weighted by atomic mass is 10.0. The number of hydrogen-bond donors (Lipinski definition) is 2. The van der Waals surface area contributed by atoms with E-state index in [4.69, 9.17) is 5.11 Å². The minimum absolute atomic E-state index is 0.0616. The summed E-state index contributed by atoms with van der Waals surface area (Å²) in [7, 11) is 0. The third-order valence-corrected chi connectivity index (χ3v) is 3.42. The highest BCUT2D eigenvalue weighted by molar-refractivity contribution is 9.09. The van der Waals surface area contributed by atoms with Crippen molar-refractivity contribution in [2.24, 2.45) is 0 Å². The van der Waals surface area contributed by atoms with E-state index in [1.807, 2.05) is 0 Å². The fourth-order valence-corrected chi connectivity index (χ4v) is 2.30. The molecule has 1 aromatic rings. The Morgan fingerprint density at radius 3 is 2.57 bits per heavy atom. The van der Waals surface area contributed by atoms with Gasteiger partial charge in [0.05, 0.1) is 10.9 Å². The minimum atomic E-state index is -1.18. The smallest absolute Gasteiger partial charge is 0.405 e. The molecule has 0 saturated heterocycles. The molecule has 0 unspecified atom stereocenters. The monoisotopic (exact) mass is 360 g/mol. The van der Waals surface area contributed by atoms with Crippen LogP contribution in [0.3, 0.4) is 0 Å². The van der Waals surface area contributed by atoms with E-state index in [9.17, 15) is 14.0 Å². The summed E-state index contributed by atoms with van der Waals surface area (Å²) in [5.74, 6) is -0.687. The van der Waals surface area contributed by atoms with E-state index in [0.29, 0.717) is 11.3 Å². The van der Waals surface area contributed by atoms with E-state index >= 15 is 0 Å². The molecule has 21 heavy (non-hydrogen) atoms. The molecule has 0 heterocycles. The number of hydrogen-bond acceptors (Lipinski definition) is 2. The van der Waals surface area contributed by atoms with Gasteiger partial charge in [-0.2, -0.15) is 0 Å². The third-order valence-electron chi connectivity index (χ3n) is 2.94. The van der Waals surface area contributed by atoms with Crippen molar-refractivity contribution in [3.05, 3.63) is 29.6 Å². The Kier molecular flexibility index (Phi) is 5.71. The van der Waals surface area contributed by atoms with E-state index in [1.54, 1.807) is 26.8 Å². The quantitative estimate of drug-likeness (QED) is 0.793. The van der Waals surface area contributed by atoms with Gasteiger partial charge in [0.1, 0.15) is 5.82 Å². The molecule has 2 amide bonds. The van der Waals surface area contributed by atoms with Crippen molar-refractivity contribution >= 4 is 33.6 Å². The lowest BCUT2D eigenvalue weighted by Gasteiger charge is -2.33. The topological polar surface area (TPSA) is 69.6 Å².